The monoisotopic (exact) mass is 330 g/mol. The number of benzene rings is 1. The zero-order chi connectivity index (χ0) is 17.3. The van der Waals surface area contributed by atoms with Gasteiger partial charge < -0.3 is 15.3 Å². The third-order valence-corrected chi connectivity index (χ3v) is 5.06. The standard InChI is InChI=1S/C18H22N2O4/c1-2-12-3-5-14(6-4-12)20-10-13(9-15(20)21)16(22)19-11-18(7-8-18)17(23)24/h3-6,13H,2,7-11H2,1H3,(H,19,22)(H,23,24). The smallest absolute Gasteiger partial charge is 0.311 e. The number of carbonyl (C=O) groups excluding carboxylic acids is 2. The van der Waals surface area contributed by atoms with Gasteiger partial charge in [0.15, 0.2) is 0 Å². The molecule has 2 amide bonds. The van der Waals surface area contributed by atoms with E-state index in [-0.39, 0.29) is 24.8 Å². The molecule has 3 rings (SSSR count). The molecule has 1 aliphatic carbocycles. The van der Waals surface area contributed by atoms with Crippen LogP contribution >= 0.6 is 0 Å². The van der Waals surface area contributed by atoms with Crippen molar-refractivity contribution in [2.75, 3.05) is 18.0 Å². The Morgan fingerprint density at radius 3 is 2.50 bits per heavy atom. The Morgan fingerprint density at radius 2 is 1.96 bits per heavy atom. The first-order chi connectivity index (χ1) is 11.4. The maximum absolute atomic E-state index is 12.3. The number of rotatable bonds is 6. The first-order valence-corrected chi connectivity index (χ1v) is 8.35. The van der Waals surface area contributed by atoms with Gasteiger partial charge in [-0.2, -0.15) is 0 Å². The van der Waals surface area contributed by atoms with Gasteiger partial charge >= 0.3 is 5.97 Å². The van der Waals surface area contributed by atoms with Crippen LogP contribution in [0.25, 0.3) is 0 Å². The molecule has 1 aliphatic heterocycles. The van der Waals surface area contributed by atoms with Crippen molar-refractivity contribution < 1.29 is 19.5 Å². The van der Waals surface area contributed by atoms with E-state index in [1.165, 1.54) is 5.56 Å². The van der Waals surface area contributed by atoms with Gasteiger partial charge in [0.1, 0.15) is 0 Å². The van der Waals surface area contributed by atoms with Gasteiger partial charge in [-0.25, -0.2) is 0 Å². The quantitative estimate of drug-likeness (QED) is 0.829. The molecule has 0 spiro atoms. The summed E-state index contributed by atoms with van der Waals surface area (Å²) in [7, 11) is 0. The molecule has 1 saturated carbocycles. The van der Waals surface area contributed by atoms with Crippen LogP contribution in [-0.4, -0.2) is 36.0 Å². The predicted molar refractivity (Wildman–Crippen MR) is 88.6 cm³/mol. The molecule has 24 heavy (non-hydrogen) atoms. The second-order valence-electron chi connectivity index (χ2n) is 6.73. The summed E-state index contributed by atoms with van der Waals surface area (Å²) < 4.78 is 0. The predicted octanol–water partition coefficient (Wildman–Crippen LogP) is 1.58. The number of hydrogen-bond acceptors (Lipinski definition) is 3. The minimum Gasteiger partial charge on any atom is -0.481 e. The van der Waals surface area contributed by atoms with Crippen LogP contribution in [0, 0.1) is 11.3 Å². The number of anilines is 1. The Hall–Kier alpha value is -2.37. The maximum atomic E-state index is 12.3. The number of aryl methyl sites for hydroxylation is 1. The van der Waals surface area contributed by atoms with Crippen molar-refractivity contribution in [2.24, 2.45) is 11.3 Å². The van der Waals surface area contributed by atoms with Crippen molar-refractivity contribution in [3.8, 4) is 0 Å². The Bertz CT molecular complexity index is 664. The lowest BCUT2D eigenvalue weighted by atomic mass is 10.1. The van der Waals surface area contributed by atoms with Gasteiger partial charge in [-0.05, 0) is 37.0 Å². The summed E-state index contributed by atoms with van der Waals surface area (Å²) in [5.41, 5.74) is 1.22. The summed E-state index contributed by atoms with van der Waals surface area (Å²) in [6.45, 7) is 2.56. The lowest BCUT2D eigenvalue weighted by molar-refractivity contribution is -0.143. The van der Waals surface area contributed by atoms with Gasteiger partial charge in [-0.3, -0.25) is 14.4 Å². The number of carboxylic acids is 1. The summed E-state index contributed by atoms with van der Waals surface area (Å²) in [6, 6.07) is 7.78. The molecule has 6 heteroatoms. The van der Waals surface area contributed by atoms with E-state index in [1.807, 2.05) is 24.3 Å². The maximum Gasteiger partial charge on any atom is 0.311 e. The number of carbonyl (C=O) groups is 3. The Labute approximate surface area is 140 Å². The molecule has 6 nitrogen and oxygen atoms in total. The van der Waals surface area contributed by atoms with Gasteiger partial charge in [0, 0.05) is 25.2 Å². The number of nitrogens with one attached hydrogen (secondary N) is 1. The molecule has 0 aromatic heterocycles. The van der Waals surface area contributed by atoms with Crippen LogP contribution in [0.5, 0.6) is 0 Å². The molecule has 1 saturated heterocycles. The SMILES string of the molecule is CCc1ccc(N2CC(C(=O)NCC3(C(=O)O)CC3)CC2=O)cc1. The lowest BCUT2D eigenvalue weighted by Gasteiger charge is -2.17. The van der Waals surface area contributed by atoms with Crippen molar-refractivity contribution in [2.45, 2.75) is 32.6 Å². The van der Waals surface area contributed by atoms with Crippen LogP contribution in [0.4, 0.5) is 5.69 Å². The molecule has 0 bridgehead atoms. The Balaban J connectivity index is 1.59. The summed E-state index contributed by atoms with van der Waals surface area (Å²) in [5, 5.41) is 11.9. The van der Waals surface area contributed by atoms with Crippen molar-refractivity contribution in [3.63, 3.8) is 0 Å². The zero-order valence-electron chi connectivity index (χ0n) is 13.7. The Morgan fingerprint density at radius 1 is 1.29 bits per heavy atom. The molecule has 1 atom stereocenters. The molecular weight excluding hydrogens is 308 g/mol. The fraction of sp³-hybridized carbons (Fsp3) is 0.500. The van der Waals surface area contributed by atoms with E-state index in [0.29, 0.717) is 19.4 Å². The fourth-order valence-corrected chi connectivity index (χ4v) is 3.06. The van der Waals surface area contributed by atoms with Crippen molar-refractivity contribution in [1.29, 1.82) is 0 Å². The van der Waals surface area contributed by atoms with E-state index >= 15 is 0 Å². The molecule has 0 radical (unpaired) electrons. The van der Waals surface area contributed by atoms with Gasteiger partial charge in [-0.1, -0.05) is 19.1 Å². The minimum absolute atomic E-state index is 0.0706. The fourth-order valence-electron chi connectivity index (χ4n) is 3.06. The highest BCUT2D eigenvalue weighted by Gasteiger charge is 2.50. The normalized spacial score (nSPS) is 21.6. The summed E-state index contributed by atoms with van der Waals surface area (Å²) >= 11 is 0. The lowest BCUT2D eigenvalue weighted by Crippen LogP contribution is -2.38. The number of hydrogen-bond donors (Lipinski definition) is 2. The van der Waals surface area contributed by atoms with E-state index in [9.17, 15) is 14.4 Å². The largest absolute Gasteiger partial charge is 0.481 e. The average Bonchev–Trinajstić information content (AvgIpc) is 3.29. The van der Waals surface area contributed by atoms with Gasteiger partial charge in [0.2, 0.25) is 11.8 Å². The van der Waals surface area contributed by atoms with Crippen LogP contribution in [-0.2, 0) is 20.8 Å². The van der Waals surface area contributed by atoms with Crippen molar-refractivity contribution >= 4 is 23.5 Å². The summed E-state index contributed by atoms with van der Waals surface area (Å²) in [5.74, 6) is -1.58. The van der Waals surface area contributed by atoms with Crippen LogP contribution < -0.4 is 10.2 Å². The topological polar surface area (TPSA) is 86.7 Å². The number of nitrogens with zero attached hydrogens (tertiary/aromatic N) is 1. The highest BCUT2D eigenvalue weighted by atomic mass is 16.4. The molecule has 1 aromatic carbocycles. The minimum atomic E-state index is -0.858. The summed E-state index contributed by atoms with van der Waals surface area (Å²) in [4.78, 5) is 37.3. The van der Waals surface area contributed by atoms with E-state index in [1.54, 1.807) is 4.90 Å². The molecule has 2 fully saturated rings. The van der Waals surface area contributed by atoms with E-state index in [2.05, 4.69) is 12.2 Å². The van der Waals surface area contributed by atoms with E-state index in [4.69, 9.17) is 5.11 Å². The molecular formula is C18H22N2O4. The molecule has 2 N–H and O–H groups in total. The average molecular weight is 330 g/mol. The van der Waals surface area contributed by atoms with Crippen LogP contribution in [0.3, 0.4) is 0 Å². The van der Waals surface area contributed by atoms with Gasteiger partial charge in [-0.15, -0.1) is 0 Å². The highest BCUT2D eigenvalue weighted by molar-refractivity contribution is 6.00. The Kier molecular flexibility index (Phi) is 4.30. The third kappa shape index (κ3) is 3.13. The van der Waals surface area contributed by atoms with E-state index in [0.717, 1.165) is 12.1 Å². The third-order valence-electron chi connectivity index (χ3n) is 5.06. The van der Waals surface area contributed by atoms with Crippen molar-refractivity contribution in [1.82, 2.24) is 5.32 Å². The second kappa shape index (κ2) is 6.26. The number of amides is 2. The number of aliphatic carboxylic acids is 1. The second-order valence-corrected chi connectivity index (χ2v) is 6.73. The van der Waals surface area contributed by atoms with Crippen LogP contribution in [0.1, 0.15) is 31.7 Å². The first-order valence-electron chi connectivity index (χ1n) is 8.35. The molecule has 1 unspecified atom stereocenters. The number of carboxylic acid groups (broad SMARTS) is 1. The van der Waals surface area contributed by atoms with Gasteiger partial charge in [0.05, 0.1) is 11.3 Å². The molecule has 1 heterocycles. The van der Waals surface area contributed by atoms with Crippen molar-refractivity contribution in [3.05, 3.63) is 29.8 Å². The van der Waals surface area contributed by atoms with E-state index < -0.39 is 17.3 Å². The van der Waals surface area contributed by atoms with Crippen LogP contribution in [0.2, 0.25) is 0 Å². The first kappa shape index (κ1) is 16.5. The molecule has 1 aromatic rings. The summed E-state index contributed by atoms with van der Waals surface area (Å²) in [6.07, 6.45) is 2.30. The van der Waals surface area contributed by atoms with Gasteiger partial charge in [0.25, 0.3) is 0 Å². The molecule has 2 aliphatic rings. The highest BCUT2D eigenvalue weighted by Crippen LogP contribution is 2.45. The zero-order valence-corrected chi connectivity index (χ0v) is 13.7. The van der Waals surface area contributed by atoms with Crippen LogP contribution in [0.15, 0.2) is 24.3 Å². The molecule has 128 valence electrons.